The summed E-state index contributed by atoms with van der Waals surface area (Å²) in [6.07, 6.45) is -2.22. The fraction of sp³-hybridized carbons (Fsp3) is 0.379. The summed E-state index contributed by atoms with van der Waals surface area (Å²) in [6.45, 7) is 1.69. The molecular formula is C29H34ClFN4O8. The first-order valence-corrected chi connectivity index (χ1v) is 13.6. The Morgan fingerprint density at radius 2 is 1.84 bits per heavy atom. The summed E-state index contributed by atoms with van der Waals surface area (Å²) < 4.78 is 35.1. The van der Waals surface area contributed by atoms with Gasteiger partial charge in [0, 0.05) is 38.3 Å². The number of benzene rings is 2. The molecule has 0 saturated carbocycles. The van der Waals surface area contributed by atoms with Crippen molar-refractivity contribution in [1.29, 1.82) is 0 Å². The number of halogens is 2. The monoisotopic (exact) mass is 620 g/mol. The maximum atomic E-state index is 14.3. The summed E-state index contributed by atoms with van der Waals surface area (Å²) in [7, 11) is 2.98. The molecular weight excluding hydrogens is 587 g/mol. The quantitative estimate of drug-likeness (QED) is 0.0889. The molecule has 1 amide bonds. The van der Waals surface area contributed by atoms with Crippen molar-refractivity contribution in [2.75, 3.05) is 47.2 Å². The molecule has 3 aromatic rings. The van der Waals surface area contributed by atoms with Crippen molar-refractivity contribution in [3.63, 3.8) is 0 Å². The van der Waals surface area contributed by atoms with Crippen LogP contribution in [0.3, 0.4) is 0 Å². The third-order valence-corrected chi connectivity index (χ3v) is 6.39. The molecule has 0 aliphatic carbocycles. The number of ether oxygens (including phenoxy) is 4. The molecule has 1 heterocycles. The van der Waals surface area contributed by atoms with E-state index >= 15 is 0 Å². The van der Waals surface area contributed by atoms with Crippen molar-refractivity contribution in [3.8, 4) is 11.1 Å². The van der Waals surface area contributed by atoms with Crippen LogP contribution in [0.25, 0.3) is 11.1 Å². The zero-order chi connectivity index (χ0) is 31.4. The minimum Gasteiger partial charge on any atom is -0.461 e. The van der Waals surface area contributed by atoms with Crippen molar-refractivity contribution in [3.05, 3.63) is 76.3 Å². The number of nitrogens with one attached hydrogen (secondary N) is 2. The normalized spacial score (nSPS) is 12.6. The van der Waals surface area contributed by atoms with Crippen LogP contribution in [-0.2, 0) is 30.3 Å². The van der Waals surface area contributed by atoms with E-state index in [9.17, 15) is 23.9 Å². The molecule has 0 aliphatic rings. The number of nitrogens with zero attached hydrogens (tertiary/aromatic N) is 2. The minimum absolute atomic E-state index is 0.00421. The number of aromatic nitrogens is 2. The van der Waals surface area contributed by atoms with Gasteiger partial charge in [-0.1, -0.05) is 35.9 Å². The topological polar surface area (TPSA) is 152 Å². The zero-order valence-corrected chi connectivity index (χ0v) is 24.7. The van der Waals surface area contributed by atoms with E-state index in [1.54, 1.807) is 31.4 Å². The van der Waals surface area contributed by atoms with Gasteiger partial charge in [-0.2, -0.15) is 5.10 Å². The Kier molecular flexibility index (Phi) is 13.2. The van der Waals surface area contributed by atoms with Gasteiger partial charge in [0.05, 0.1) is 26.4 Å². The molecule has 2 aromatic carbocycles. The van der Waals surface area contributed by atoms with Gasteiger partial charge in [0.2, 0.25) is 0 Å². The number of aliphatic hydroxyl groups is 1. The number of esters is 1. The van der Waals surface area contributed by atoms with Crippen molar-refractivity contribution >= 4 is 29.3 Å². The first-order chi connectivity index (χ1) is 20.6. The van der Waals surface area contributed by atoms with Crippen molar-refractivity contribution in [2.45, 2.75) is 25.7 Å². The van der Waals surface area contributed by atoms with Gasteiger partial charge in [-0.25, -0.2) is 14.2 Å². The van der Waals surface area contributed by atoms with Crippen molar-refractivity contribution in [1.82, 2.24) is 20.6 Å². The van der Waals surface area contributed by atoms with E-state index in [-0.39, 0.29) is 43.5 Å². The molecule has 0 fully saturated rings. The number of hydrogen-bond donors (Lipinski definition) is 3. The highest BCUT2D eigenvalue weighted by Gasteiger charge is 2.24. The Bertz CT molecular complexity index is 1370. The highest BCUT2D eigenvalue weighted by atomic mass is 35.5. The Morgan fingerprint density at radius 3 is 2.49 bits per heavy atom. The van der Waals surface area contributed by atoms with Gasteiger partial charge in [0.25, 0.3) is 5.91 Å². The number of ketones is 1. The highest BCUT2D eigenvalue weighted by molar-refractivity contribution is 6.30. The maximum absolute atomic E-state index is 14.3. The van der Waals surface area contributed by atoms with E-state index in [0.29, 0.717) is 34.9 Å². The largest absolute Gasteiger partial charge is 0.461 e. The van der Waals surface area contributed by atoms with Gasteiger partial charge in [-0.15, -0.1) is 0 Å². The molecule has 0 spiro atoms. The molecule has 3 N–H and O–H groups in total. The van der Waals surface area contributed by atoms with E-state index in [4.69, 9.17) is 30.5 Å². The van der Waals surface area contributed by atoms with Gasteiger partial charge < -0.3 is 24.1 Å². The molecule has 0 bridgehead atoms. The lowest BCUT2D eigenvalue weighted by atomic mass is 10.0. The van der Waals surface area contributed by atoms with E-state index in [1.165, 1.54) is 43.3 Å². The van der Waals surface area contributed by atoms with Crippen LogP contribution in [0.5, 0.6) is 0 Å². The smallest absolute Gasteiger partial charge is 0.336 e. The predicted molar refractivity (Wildman–Crippen MR) is 154 cm³/mol. The molecule has 2 unspecified atom stereocenters. The molecule has 0 aliphatic heterocycles. The lowest BCUT2D eigenvalue weighted by Crippen LogP contribution is -2.48. The van der Waals surface area contributed by atoms with Gasteiger partial charge in [0.15, 0.2) is 11.9 Å². The van der Waals surface area contributed by atoms with E-state index in [2.05, 4.69) is 15.6 Å². The van der Waals surface area contributed by atoms with Gasteiger partial charge >= 0.3 is 5.97 Å². The second kappa shape index (κ2) is 16.8. The van der Waals surface area contributed by atoms with Crippen LogP contribution < -0.4 is 5.43 Å². The number of carbonyl (C=O) groups excluding carboxylic acids is 3. The number of H-pyrrole nitrogens is 1. The molecule has 0 saturated heterocycles. The Labute approximate surface area is 253 Å². The van der Waals surface area contributed by atoms with Crippen LogP contribution in [0.1, 0.15) is 33.5 Å². The average Bonchev–Trinajstić information content (AvgIpc) is 3.49. The highest BCUT2D eigenvalue weighted by Crippen LogP contribution is 2.26. The van der Waals surface area contributed by atoms with Crippen molar-refractivity contribution < 1.29 is 42.8 Å². The van der Waals surface area contributed by atoms with Crippen LogP contribution in [0.4, 0.5) is 4.39 Å². The van der Waals surface area contributed by atoms with Crippen LogP contribution in [0.2, 0.25) is 5.02 Å². The van der Waals surface area contributed by atoms with E-state index in [0.717, 1.165) is 0 Å². The number of methoxy groups -OCH3 is 2. The zero-order valence-electron chi connectivity index (χ0n) is 24.0. The summed E-state index contributed by atoms with van der Waals surface area (Å²) >= 11 is 6.02. The predicted octanol–water partition coefficient (Wildman–Crippen LogP) is 2.80. The van der Waals surface area contributed by atoms with Gasteiger partial charge in [0.1, 0.15) is 29.9 Å². The second-order valence-electron chi connectivity index (χ2n) is 9.44. The molecule has 2 atom stereocenters. The fourth-order valence-electron chi connectivity index (χ4n) is 3.80. The minimum atomic E-state index is -1.65. The lowest BCUT2D eigenvalue weighted by molar-refractivity contribution is -0.160. The SMILES string of the molecule is COCCOCC(COC(=O)C(O)CN(Cc1ccc(-c2cc(Cl)ccc2F)cc1)NC(=O)c1cc(C(C)=O)n[nH]1)OC. The van der Waals surface area contributed by atoms with E-state index in [1.807, 2.05) is 0 Å². The van der Waals surface area contributed by atoms with E-state index < -0.39 is 29.9 Å². The third kappa shape index (κ3) is 10.5. The molecule has 0 radical (unpaired) electrons. The maximum Gasteiger partial charge on any atom is 0.336 e. The van der Waals surface area contributed by atoms with Crippen LogP contribution in [0.15, 0.2) is 48.5 Å². The number of rotatable bonds is 17. The van der Waals surface area contributed by atoms with Gasteiger partial charge in [-0.05, 0) is 35.4 Å². The second-order valence-corrected chi connectivity index (χ2v) is 9.87. The first kappa shape index (κ1) is 33.8. The van der Waals surface area contributed by atoms with Gasteiger partial charge in [-0.3, -0.25) is 20.1 Å². The summed E-state index contributed by atoms with van der Waals surface area (Å²) in [6, 6.07) is 12.3. The lowest BCUT2D eigenvalue weighted by Gasteiger charge is -2.25. The van der Waals surface area contributed by atoms with Crippen LogP contribution >= 0.6 is 11.6 Å². The molecule has 12 nitrogen and oxygen atoms in total. The molecule has 1 aromatic heterocycles. The molecule has 14 heteroatoms. The molecule has 3 rings (SSSR count). The third-order valence-electron chi connectivity index (χ3n) is 6.16. The molecule has 43 heavy (non-hydrogen) atoms. The average molecular weight is 621 g/mol. The van der Waals surface area contributed by atoms with Crippen LogP contribution in [0, 0.1) is 5.82 Å². The summed E-state index contributed by atoms with van der Waals surface area (Å²) in [4.78, 5) is 37.1. The molecule has 232 valence electrons. The number of aromatic amines is 1. The summed E-state index contributed by atoms with van der Waals surface area (Å²) in [5.41, 5.74) is 4.24. The number of Topliss-reactive ketones (excluding diaryl/α,β-unsaturated/α-hetero) is 1. The number of hydrazine groups is 1. The van der Waals surface area contributed by atoms with Crippen LogP contribution in [-0.4, -0.2) is 97.4 Å². The number of hydrogen-bond acceptors (Lipinski definition) is 10. The fourth-order valence-corrected chi connectivity index (χ4v) is 3.97. The first-order valence-electron chi connectivity index (χ1n) is 13.2. The number of aliphatic hydroxyl groups excluding tert-OH is 1. The Hall–Kier alpha value is -3.72. The standard InChI is InChI=1S/C29H34ClFN4O8/c1-18(36)25-13-26(33-32-25)28(38)34-35(15-27(37)29(39)43-17-22(41-3)16-42-11-10-40-2)14-19-4-6-20(7-5-19)23-12-21(30)8-9-24(23)31/h4-9,12-13,22,27,37H,10-11,14-17H2,1-3H3,(H,32,33)(H,34,38). The summed E-state index contributed by atoms with van der Waals surface area (Å²) in [5, 5.41) is 18.6. The summed E-state index contributed by atoms with van der Waals surface area (Å²) in [5.74, 6) is -2.37. The number of amides is 1. The van der Waals surface area contributed by atoms with Crippen molar-refractivity contribution in [2.24, 2.45) is 0 Å². The number of carbonyl (C=O) groups is 3. The Balaban J connectivity index is 1.70. The Morgan fingerprint density at radius 1 is 1.09 bits per heavy atom.